The van der Waals surface area contributed by atoms with Gasteiger partial charge in [-0.2, -0.15) is 0 Å². The molecule has 1 aliphatic heterocycles. The summed E-state index contributed by atoms with van der Waals surface area (Å²) >= 11 is 0. The number of benzene rings is 1. The van der Waals surface area contributed by atoms with Gasteiger partial charge in [-0.3, -0.25) is 4.90 Å². The van der Waals surface area contributed by atoms with E-state index in [0.717, 1.165) is 45.0 Å². The highest BCUT2D eigenvalue weighted by Gasteiger charge is 2.13. The Kier molecular flexibility index (Phi) is 8.01. The smallest absolute Gasteiger partial charge is 0.319 e. The number of rotatable bonds is 8. The summed E-state index contributed by atoms with van der Waals surface area (Å²) in [6.07, 6.45) is 2.38. The molecule has 0 aromatic heterocycles. The van der Waals surface area contributed by atoms with Gasteiger partial charge < -0.3 is 20.4 Å². The predicted molar refractivity (Wildman–Crippen MR) is 106 cm³/mol. The van der Waals surface area contributed by atoms with Crippen molar-refractivity contribution >= 4 is 17.4 Å². The molecule has 1 saturated heterocycles. The Hall–Kier alpha value is -1.79. The lowest BCUT2D eigenvalue weighted by atomic mass is 10.2. The lowest BCUT2D eigenvalue weighted by Crippen LogP contribution is -2.47. The van der Waals surface area contributed by atoms with Crippen LogP contribution in [-0.2, 0) is 0 Å². The molecule has 2 N–H and O–H groups in total. The summed E-state index contributed by atoms with van der Waals surface area (Å²) in [5, 5.41) is 5.84. The number of unbranched alkanes of at least 4 members (excludes halogenated alkanes) is 1. The first-order chi connectivity index (χ1) is 12.1. The number of nitrogens with zero attached hydrogens (tertiary/aromatic N) is 3. The molecule has 1 heterocycles. The van der Waals surface area contributed by atoms with Crippen LogP contribution in [0.4, 0.5) is 16.2 Å². The van der Waals surface area contributed by atoms with Crippen LogP contribution in [0.1, 0.15) is 19.8 Å². The number of urea groups is 1. The Morgan fingerprint density at radius 3 is 2.48 bits per heavy atom. The highest BCUT2D eigenvalue weighted by Crippen LogP contribution is 2.17. The second kappa shape index (κ2) is 10.3. The van der Waals surface area contributed by atoms with Gasteiger partial charge in [0, 0.05) is 64.2 Å². The fourth-order valence-corrected chi connectivity index (χ4v) is 2.90. The lowest BCUT2D eigenvalue weighted by molar-refractivity contribution is 0.155. The molecule has 0 unspecified atom stereocenters. The average molecular weight is 348 g/mol. The fraction of sp³-hybridized carbons (Fsp3) is 0.632. The zero-order valence-corrected chi connectivity index (χ0v) is 15.9. The van der Waals surface area contributed by atoms with Crippen LogP contribution in [0.15, 0.2) is 24.3 Å². The second-order valence-corrected chi connectivity index (χ2v) is 6.85. The van der Waals surface area contributed by atoms with Crippen molar-refractivity contribution in [3.05, 3.63) is 24.3 Å². The van der Waals surface area contributed by atoms with Crippen molar-refractivity contribution in [2.24, 2.45) is 0 Å². The summed E-state index contributed by atoms with van der Waals surface area (Å²) in [5.41, 5.74) is 2.00. The third-order valence-electron chi connectivity index (χ3n) is 4.72. The van der Waals surface area contributed by atoms with Gasteiger partial charge in [0.25, 0.3) is 0 Å². The average Bonchev–Trinajstić information content (AvgIpc) is 2.62. The summed E-state index contributed by atoms with van der Waals surface area (Å²) in [5.74, 6) is 0. The van der Waals surface area contributed by atoms with E-state index >= 15 is 0 Å². The summed E-state index contributed by atoms with van der Waals surface area (Å²) < 4.78 is 0. The maximum absolute atomic E-state index is 12.0. The molecule has 1 aromatic rings. The molecule has 1 aliphatic rings. The largest absolute Gasteiger partial charge is 0.375 e. The first-order valence-electron chi connectivity index (χ1n) is 9.35. The van der Waals surface area contributed by atoms with E-state index in [-0.39, 0.29) is 6.03 Å². The van der Waals surface area contributed by atoms with E-state index in [9.17, 15) is 4.79 Å². The van der Waals surface area contributed by atoms with Crippen molar-refractivity contribution in [1.29, 1.82) is 0 Å². The molecule has 0 bridgehead atoms. The maximum Gasteiger partial charge on any atom is 0.319 e. The molecule has 1 aromatic carbocycles. The van der Waals surface area contributed by atoms with Crippen LogP contribution in [0.25, 0.3) is 0 Å². The Bertz CT molecular complexity index is 511. The number of piperazine rings is 1. The van der Waals surface area contributed by atoms with Gasteiger partial charge in [0.1, 0.15) is 0 Å². The van der Waals surface area contributed by atoms with Gasteiger partial charge in [-0.15, -0.1) is 0 Å². The molecular weight excluding hydrogens is 314 g/mol. The highest BCUT2D eigenvalue weighted by molar-refractivity contribution is 5.89. The Morgan fingerprint density at radius 2 is 1.84 bits per heavy atom. The monoisotopic (exact) mass is 347 g/mol. The van der Waals surface area contributed by atoms with Crippen molar-refractivity contribution < 1.29 is 4.79 Å². The number of hydrogen-bond acceptors (Lipinski definition) is 4. The zero-order valence-electron chi connectivity index (χ0n) is 15.9. The normalized spacial score (nSPS) is 15.8. The molecule has 6 nitrogen and oxygen atoms in total. The number of carbonyl (C=O) groups is 1. The van der Waals surface area contributed by atoms with E-state index in [0.29, 0.717) is 6.54 Å². The van der Waals surface area contributed by atoms with Crippen molar-refractivity contribution in [2.75, 3.05) is 70.1 Å². The van der Waals surface area contributed by atoms with E-state index in [1.807, 2.05) is 12.1 Å². The summed E-state index contributed by atoms with van der Waals surface area (Å²) in [6.45, 7) is 9.19. The molecule has 2 rings (SSSR count). The van der Waals surface area contributed by atoms with Crippen LogP contribution in [0.5, 0.6) is 0 Å². The van der Waals surface area contributed by atoms with Crippen molar-refractivity contribution in [3.63, 3.8) is 0 Å². The molecule has 0 aliphatic carbocycles. The third-order valence-corrected chi connectivity index (χ3v) is 4.72. The van der Waals surface area contributed by atoms with E-state index in [2.05, 4.69) is 58.5 Å². The second-order valence-electron chi connectivity index (χ2n) is 6.85. The van der Waals surface area contributed by atoms with Crippen LogP contribution in [0.3, 0.4) is 0 Å². The van der Waals surface area contributed by atoms with Crippen molar-refractivity contribution in [1.82, 2.24) is 15.1 Å². The standard InChI is InChI=1S/C19H33N5O/c1-4-5-11-23(3)18-8-6-17(7-9-18)21-19(25)20-10-12-24-15-13-22(2)14-16-24/h6-9H,4-5,10-16H2,1-3H3,(H2,20,21,25). The van der Waals surface area contributed by atoms with Crippen LogP contribution in [-0.4, -0.2) is 75.7 Å². The Labute approximate surface area is 152 Å². The molecule has 140 valence electrons. The molecule has 0 spiro atoms. The Morgan fingerprint density at radius 1 is 1.16 bits per heavy atom. The quantitative estimate of drug-likeness (QED) is 0.758. The minimum atomic E-state index is -0.138. The summed E-state index contributed by atoms with van der Waals surface area (Å²) in [6, 6.07) is 7.88. The minimum Gasteiger partial charge on any atom is -0.375 e. The zero-order chi connectivity index (χ0) is 18.1. The molecule has 1 fully saturated rings. The van der Waals surface area contributed by atoms with Crippen LogP contribution in [0.2, 0.25) is 0 Å². The molecule has 0 radical (unpaired) electrons. The number of nitrogens with one attached hydrogen (secondary N) is 2. The van der Waals surface area contributed by atoms with E-state index in [4.69, 9.17) is 0 Å². The van der Waals surface area contributed by atoms with Crippen LogP contribution in [0, 0.1) is 0 Å². The van der Waals surface area contributed by atoms with Crippen LogP contribution < -0.4 is 15.5 Å². The molecule has 6 heteroatoms. The highest BCUT2D eigenvalue weighted by atomic mass is 16.2. The third kappa shape index (κ3) is 6.92. The van der Waals surface area contributed by atoms with Gasteiger partial charge in [-0.05, 0) is 37.7 Å². The number of carbonyl (C=O) groups excluding carboxylic acids is 1. The number of anilines is 2. The number of amides is 2. The first kappa shape index (κ1) is 19.5. The fourth-order valence-electron chi connectivity index (χ4n) is 2.90. The van der Waals surface area contributed by atoms with Crippen LogP contribution >= 0.6 is 0 Å². The van der Waals surface area contributed by atoms with Gasteiger partial charge in [0.05, 0.1) is 0 Å². The molecular formula is C19H33N5O. The SMILES string of the molecule is CCCCN(C)c1ccc(NC(=O)NCCN2CCN(C)CC2)cc1. The van der Waals surface area contributed by atoms with Crippen molar-refractivity contribution in [3.8, 4) is 0 Å². The predicted octanol–water partition coefficient (Wildman–Crippen LogP) is 2.29. The summed E-state index contributed by atoms with van der Waals surface area (Å²) in [7, 11) is 4.25. The van der Waals surface area contributed by atoms with E-state index in [1.165, 1.54) is 18.5 Å². The first-order valence-corrected chi connectivity index (χ1v) is 9.35. The van der Waals surface area contributed by atoms with E-state index in [1.54, 1.807) is 0 Å². The van der Waals surface area contributed by atoms with Gasteiger partial charge in [-0.1, -0.05) is 13.3 Å². The molecule has 25 heavy (non-hydrogen) atoms. The lowest BCUT2D eigenvalue weighted by Gasteiger charge is -2.32. The van der Waals surface area contributed by atoms with Gasteiger partial charge in [-0.25, -0.2) is 4.79 Å². The van der Waals surface area contributed by atoms with Crippen molar-refractivity contribution in [2.45, 2.75) is 19.8 Å². The van der Waals surface area contributed by atoms with E-state index < -0.39 is 0 Å². The minimum absolute atomic E-state index is 0.138. The maximum atomic E-state index is 12.0. The molecule has 0 saturated carbocycles. The Balaban J connectivity index is 1.68. The van der Waals surface area contributed by atoms with Gasteiger partial charge in [0.15, 0.2) is 0 Å². The van der Waals surface area contributed by atoms with Gasteiger partial charge >= 0.3 is 6.03 Å². The van der Waals surface area contributed by atoms with Gasteiger partial charge in [0.2, 0.25) is 0 Å². The number of hydrogen-bond donors (Lipinski definition) is 2. The summed E-state index contributed by atoms with van der Waals surface area (Å²) in [4.78, 5) is 19.0. The molecule has 0 atom stereocenters. The number of likely N-dealkylation sites (N-methyl/N-ethyl adjacent to an activating group) is 1. The topological polar surface area (TPSA) is 50.9 Å². The molecule has 2 amide bonds.